The normalized spacial score (nSPS) is 10.6. The van der Waals surface area contributed by atoms with Gasteiger partial charge in [0.2, 0.25) is 0 Å². The first-order chi connectivity index (χ1) is 7.26. The van der Waals surface area contributed by atoms with Crippen molar-refractivity contribution in [3.63, 3.8) is 0 Å². The predicted octanol–water partition coefficient (Wildman–Crippen LogP) is 3.04. The van der Waals surface area contributed by atoms with Crippen molar-refractivity contribution in [3.8, 4) is 5.75 Å². The second-order valence-electron chi connectivity index (χ2n) is 2.56. The Balaban J connectivity index is 0. The predicted molar refractivity (Wildman–Crippen MR) is 61.4 cm³/mol. The second kappa shape index (κ2) is 6.68. The molecule has 102 valence electrons. The van der Waals surface area contributed by atoms with Gasteiger partial charge in [-0.25, -0.2) is 6.57 Å². The fourth-order valence-corrected chi connectivity index (χ4v) is 1.63. The molecular weight excluding hydrogens is 318 g/mol. The van der Waals surface area contributed by atoms with Gasteiger partial charge in [-0.15, -0.1) is 46.4 Å². The molecule has 1 rings (SSSR count). The minimum Gasteiger partial charge on any atom is -0.404 e. The van der Waals surface area contributed by atoms with E-state index in [1.54, 1.807) is 0 Å². The maximum atomic E-state index is 11.9. The Bertz CT molecular complexity index is 539. The highest BCUT2D eigenvalue weighted by atomic mass is 35.5. The van der Waals surface area contributed by atoms with Crippen LogP contribution in [0.2, 0.25) is 0 Å². The van der Waals surface area contributed by atoms with Gasteiger partial charge < -0.3 is 4.74 Å². The molecule has 18 heavy (non-hydrogen) atoms. The molecule has 0 amide bonds. The summed E-state index contributed by atoms with van der Waals surface area (Å²) in [7, 11) is -4.43. The Hall–Kier alpha value is -1.17. The van der Waals surface area contributed by atoms with E-state index < -0.39 is 27.0 Å². The molecule has 0 spiro atoms. The van der Waals surface area contributed by atoms with Crippen LogP contribution < -0.4 is 4.74 Å². The van der Waals surface area contributed by atoms with E-state index in [4.69, 9.17) is 6.57 Å². The number of nitrogens with zero attached hydrogens (tertiary/aromatic N) is 1. The van der Waals surface area contributed by atoms with E-state index >= 15 is 0 Å². The Morgan fingerprint density at radius 1 is 1.17 bits per heavy atom. The number of hydrogen-bond acceptors (Lipinski definition) is 3. The number of halogens is 5. The zero-order valence-electron chi connectivity index (χ0n) is 8.34. The molecule has 0 aliphatic rings. The molecule has 1 aromatic carbocycles. The summed E-state index contributed by atoms with van der Waals surface area (Å²) in [6.07, 6.45) is -5.01. The molecule has 0 aliphatic heterocycles. The van der Waals surface area contributed by atoms with Gasteiger partial charge in [0.05, 0.1) is 0 Å². The molecule has 0 aliphatic carbocycles. The van der Waals surface area contributed by atoms with E-state index in [1.807, 2.05) is 0 Å². The van der Waals surface area contributed by atoms with Gasteiger partial charge in [0.25, 0.3) is 0 Å². The van der Waals surface area contributed by atoms with Crippen LogP contribution in [-0.2, 0) is 10.0 Å². The van der Waals surface area contributed by atoms with Crippen LogP contribution in [0.5, 0.6) is 5.75 Å². The summed E-state index contributed by atoms with van der Waals surface area (Å²) in [5.41, 5.74) is 0. The van der Waals surface area contributed by atoms with Crippen LogP contribution in [0.25, 0.3) is 4.25 Å². The van der Waals surface area contributed by atoms with Crippen molar-refractivity contribution >= 4 is 34.8 Å². The van der Waals surface area contributed by atoms with Crippen molar-refractivity contribution in [3.05, 3.63) is 35.1 Å². The first-order valence-electron chi connectivity index (χ1n) is 3.75. The summed E-state index contributed by atoms with van der Waals surface area (Å²) < 4.78 is 63.7. The Morgan fingerprint density at radius 3 is 2.11 bits per heavy atom. The van der Waals surface area contributed by atoms with Crippen LogP contribution in [0.4, 0.5) is 13.2 Å². The summed E-state index contributed by atoms with van der Waals surface area (Å²) in [5, 5.41) is 0. The first-order valence-corrected chi connectivity index (χ1v) is 5.19. The van der Waals surface area contributed by atoms with Crippen molar-refractivity contribution in [1.29, 1.82) is 0 Å². The summed E-state index contributed by atoms with van der Waals surface area (Å²) >= 11 is 0. The Morgan fingerprint density at radius 2 is 1.67 bits per heavy atom. The van der Waals surface area contributed by atoms with E-state index in [-0.39, 0.29) is 24.8 Å². The van der Waals surface area contributed by atoms with Crippen molar-refractivity contribution < 1.29 is 26.3 Å². The number of benzene rings is 1. The average Bonchev–Trinajstić information content (AvgIpc) is 2.16. The van der Waals surface area contributed by atoms with Crippen LogP contribution in [0, 0.1) is 6.57 Å². The van der Waals surface area contributed by atoms with Crippen molar-refractivity contribution in [1.82, 2.24) is 0 Å². The summed E-state index contributed by atoms with van der Waals surface area (Å²) in [5.74, 6) is -0.911. The van der Waals surface area contributed by atoms with Crippen molar-refractivity contribution in [2.45, 2.75) is 11.3 Å². The molecule has 4 nitrogen and oxygen atoms in total. The highest BCUT2D eigenvalue weighted by Gasteiger charge is 2.35. The van der Waals surface area contributed by atoms with Gasteiger partial charge >= 0.3 is 16.4 Å². The van der Waals surface area contributed by atoms with Gasteiger partial charge in [-0.3, -0.25) is 0 Å². The highest BCUT2D eigenvalue weighted by molar-refractivity contribution is 7.93. The van der Waals surface area contributed by atoms with Crippen LogP contribution in [0.1, 0.15) is 0 Å². The van der Waals surface area contributed by atoms with Gasteiger partial charge in [0, 0.05) is 0 Å². The smallest absolute Gasteiger partial charge is 0.404 e. The maximum absolute atomic E-state index is 11.9. The van der Waals surface area contributed by atoms with E-state index in [1.165, 1.54) is 12.1 Å². The van der Waals surface area contributed by atoms with Crippen LogP contribution in [-0.4, -0.2) is 14.8 Å². The molecule has 0 radical (unpaired) electrons. The minimum atomic E-state index is -5.01. The fraction of sp³-hybridized carbons (Fsp3) is 0.125. The average molecular weight is 324 g/mol. The molecule has 0 aromatic heterocycles. The quantitative estimate of drug-likeness (QED) is 0.786. The lowest BCUT2D eigenvalue weighted by atomic mass is 10.3. The lowest BCUT2D eigenvalue weighted by molar-refractivity contribution is -0.275. The van der Waals surface area contributed by atoms with Crippen LogP contribution in [0.15, 0.2) is 29.2 Å². The molecule has 0 bridgehead atoms. The third kappa shape index (κ3) is 5.00. The summed E-state index contributed by atoms with van der Waals surface area (Å²) in [6, 6.07) is 4.06. The minimum absolute atomic E-state index is 0. The summed E-state index contributed by atoms with van der Waals surface area (Å²) in [6.45, 7) is 6.37. The number of para-hydroxylation sites is 1. The number of ether oxygens (including phenoxy) is 1. The molecule has 0 saturated heterocycles. The molecule has 0 saturated carbocycles. The SMILES string of the molecule is Cl.Cl.[C-]#[N+]S(=O)(=O)c1ccccc1OC(F)(F)F. The van der Waals surface area contributed by atoms with Gasteiger partial charge in [-0.1, -0.05) is 12.1 Å². The van der Waals surface area contributed by atoms with Crippen LogP contribution in [0.3, 0.4) is 0 Å². The highest BCUT2D eigenvalue weighted by Crippen LogP contribution is 2.30. The number of hydrogen-bond donors (Lipinski definition) is 0. The molecule has 0 N–H and O–H groups in total. The molecular formula is C8H6Cl2F3NO3S. The summed E-state index contributed by atoms with van der Waals surface area (Å²) in [4.78, 5) is -0.803. The van der Waals surface area contributed by atoms with Crippen molar-refractivity contribution in [2.75, 3.05) is 0 Å². The van der Waals surface area contributed by atoms with E-state index in [0.717, 1.165) is 12.1 Å². The molecule has 10 heteroatoms. The van der Waals surface area contributed by atoms with Gasteiger partial charge in [0.1, 0.15) is 0 Å². The zero-order chi connectivity index (χ0) is 12.4. The van der Waals surface area contributed by atoms with E-state index in [9.17, 15) is 21.6 Å². The molecule has 1 aromatic rings. The van der Waals surface area contributed by atoms with Gasteiger partial charge in [0.15, 0.2) is 10.6 Å². The molecule has 0 atom stereocenters. The van der Waals surface area contributed by atoms with Crippen LogP contribution >= 0.6 is 24.8 Å². The number of sulfonamides is 1. The number of alkyl halides is 3. The topological polar surface area (TPSA) is 47.7 Å². The molecule has 0 heterocycles. The first kappa shape index (κ1) is 19.2. The van der Waals surface area contributed by atoms with Gasteiger partial charge in [-0.2, -0.15) is 4.25 Å². The fourth-order valence-electron chi connectivity index (χ4n) is 0.921. The standard InChI is InChI=1S/C8H4F3NO3S.2ClH/c1-12-16(13,14)7-5-3-2-4-6(7)15-8(9,10)11;;/h2-5H;2*1H. The van der Waals surface area contributed by atoms with E-state index in [2.05, 4.69) is 8.99 Å². The zero-order valence-corrected chi connectivity index (χ0v) is 10.8. The van der Waals surface area contributed by atoms with Crippen molar-refractivity contribution in [2.24, 2.45) is 0 Å². The maximum Gasteiger partial charge on any atom is 0.573 e. The molecule has 0 unspecified atom stereocenters. The Kier molecular flexibility index (Phi) is 7.12. The van der Waals surface area contributed by atoms with Gasteiger partial charge in [-0.05, 0) is 12.1 Å². The lowest BCUT2D eigenvalue weighted by Gasteiger charge is -2.09. The second-order valence-corrected chi connectivity index (χ2v) is 4.13. The third-order valence-corrected chi connectivity index (χ3v) is 2.61. The Labute approximate surface area is 113 Å². The number of rotatable bonds is 2. The van der Waals surface area contributed by atoms with E-state index in [0.29, 0.717) is 0 Å². The lowest BCUT2D eigenvalue weighted by Crippen LogP contribution is -2.18. The largest absolute Gasteiger partial charge is 0.573 e. The monoisotopic (exact) mass is 323 g/mol. The molecule has 0 fully saturated rings. The third-order valence-electron chi connectivity index (χ3n) is 1.47.